The third-order valence-electron chi connectivity index (χ3n) is 4.65. The van der Waals surface area contributed by atoms with E-state index in [0.29, 0.717) is 18.0 Å². The standard InChI is InChI=1S/C21H20ClN3O2S/c1-24(13-15-6-2-3-7-16(15)22)14-21(26)25-18(19-8-4-10-27-19)12-17(23-25)20-9-5-11-28-20/h2-11,18H,12-14H2,1H3. The molecule has 2 aromatic heterocycles. The van der Waals surface area contributed by atoms with Gasteiger partial charge in [-0.1, -0.05) is 35.9 Å². The molecule has 1 aliphatic rings. The number of thiophene rings is 1. The fourth-order valence-corrected chi connectivity index (χ4v) is 4.23. The lowest BCUT2D eigenvalue weighted by Crippen LogP contribution is -2.36. The Balaban J connectivity index is 1.50. The molecule has 3 aromatic rings. The molecule has 28 heavy (non-hydrogen) atoms. The molecule has 3 heterocycles. The molecule has 0 saturated heterocycles. The molecule has 0 fully saturated rings. The first-order valence-electron chi connectivity index (χ1n) is 9.00. The van der Waals surface area contributed by atoms with Gasteiger partial charge in [-0.05, 0) is 42.3 Å². The second-order valence-corrected chi connectivity index (χ2v) is 8.12. The van der Waals surface area contributed by atoms with Crippen LogP contribution in [0.1, 0.15) is 28.7 Å². The smallest absolute Gasteiger partial charge is 0.257 e. The van der Waals surface area contributed by atoms with E-state index in [-0.39, 0.29) is 18.5 Å². The SMILES string of the molecule is CN(CC(=O)N1N=C(c2cccs2)CC1c1ccco1)Cc1ccccc1Cl. The second kappa shape index (κ2) is 8.31. The Labute approximate surface area is 172 Å². The minimum Gasteiger partial charge on any atom is -0.467 e. The number of hydrogen-bond acceptors (Lipinski definition) is 5. The van der Waals surface area contributed by atoms with Crippen LogP contribution in [0, 0.1) is 0 Å². The molecule has 1 amide bonds. The lowest BCUT2D eigenvalue weighted by molar-refractivity contribution is -0.134. The molecule has 0 N–H and O–H groups in total. The first-order chi connectivity index (χ1) is 13.6. The van der Waals surface area contributed by atoms with Crippen LogP contribution in [0.15, 0.2) is 69.7 Å². The molecule has 0 aliphatic carbocycles. The predicted octanol–water partition coefficient (Wildman–Crippen LogP) is 4.80. The summed E-state index contributed by atoms with van der Waals surface area (Å²) in [7, 11) is 1.91. The summed E-state index contributed by atoms with van der Waals surface area (Å²) in [5.74, 6) is 0.680. The van der Waals surface area contributed by atoms with E-state index in [2.05, 4.69) is 5.10 Å². The first kappa shape index (κ1) is 18.9. The van der Waals surface area contributed by atoms with Gasteiger partial charge in [0.15, 0.2) is 0 Å². The van der Waals surface area contributed by atoms with Crippen LogP contribution in [0.3, 0.4) is 0 Å². The van der Waals surface area contributed by atoms with Crippen molar-refractivity contribution in [1.29, 1.82) is 0 Å². The van der Waals surface area contributed by atoms with Crippen LogP contribution in [0.2, 0.25) is 5.02 Å². The van der Waals surface area contributed by atoms with Crippen LogP contribution in [-0.4, -0.2) is 35.1 Å². The van der Waals surface area contributed by atoms with Crippen LogP contribution in [0.25, 0.3) is 0 Å². The monoisotopic (exact) mass is 413 g/mol. The largest absolute Gasteiger partial charge is 0.467 e. The van der Waals surface area contributed by atoms with Gasteiger partial charge in [0, 0.05) is 18.0 Å². The van der Waals surface area contributed by atoms with Gasteiger partial charge in [0.05, 0.1) is 23.4 Å². The number of carbonyl (C=O) groups is 1. The molecule has 1 aliphatic heterocycles. The second-order valence-electron chi connectivity index (χ2n) is 6.76. The number of hydrazone groups is 1. The highest BCUT2D eigenvalue weighted by atomic mass is 35.5. The fraction of sp³-hybridized carbons (Fsp3) is 0.238. The minimum atomic E-state index is -0.215. The first-order valence-corrected chi connectivity index (χ1v) is 10.3. The van der Waals surface area contributed by atoms with Crippen LogP contribution >= 0.6 is 22.9 Å². The average molecular weight is 414 g/mol. The van der Waals surface area contributed by atoms with Crippen molar-refractivity contribution in [2.24, 2.45) is 5.10 Å². The Kier molecular flexibility index (Phi) is 5.62. The number of hydrogen-bond donors (Lipinski definition) is 0. The molecule has 1 unspecified atom stereocenters. The minimum absolute atomic E-state index is 0.0671. The van der Waals surface area contributed by atoms with E-state index in [9.17, 15) is 4.79 Å². The van der Waals surface area contributed by atoms with Crippen LogP contribution < -0.4 is 0 Å². The van der Waals surface area contributed by atoms with Crippen LogP contribution in [0.4, 0.5) is 0 Å². The van der Waals surface area contributed by atoms with Gasteiger partial charge >= 0.3 is 0 Å². The Morgan fingerprint density at radius 1 is 1.29 bits per heavy atom. The van der Waals surface area contributed by atoms with E-state index >= 15 is 0 Å². The summed E-state index contributed by atoms with van der Waals surface area (Å²) >= 11 is 7.87. The summed E-state index contributed by atoms with van der Waals surface area (Å²) in [6, 6.07) is 15.2. The van der Waals surface area contributed by atoms with Crippen LogP contribution in [-0.2, 0) is 11.3 Å². The van der Waals surface area contributed by atoms with Crippen molar-refractivity contribution in [1.82, 2.24) is 9.91 Å². The molecule has 7 heteroatoms. The zero-order valence-electron chi connectivity index (χ0n) is 15.4. The maximum Gasteiger partial charge on any atom is 0.257 e. The predicted molar refractivity (Wildman–Crippen MR) is 112 cm³/mol. The summed E-state index contributed by atoms with van der Waals surface area (Å²) in [4.78, 5) is 16.1. The maximum atomic E-state index is 13.1. The zero-order valence-corrected chi connectivity index (χ0v) is 17.0. The number of likely N-dealkylation sites (N-methyl/N-ethyl adjacent to an activating group) is 1. The third kappa shape index (κ3) is 4.04. The molecule has 4 rings (SSSR count). The highest BCUT2D eigenvalue weighted by Crippen LogP contribution is 2.34. The quantitative estimate of drug-likeness (QED) is 0.583. The summed E-state index contributed by atoms with van der Waals surface area (Å²) in [5.41, 5.74) is 1.91. The Hall–Kier alpha value is -2.41. The number of nitrogens with zero attached hydrogens (tertiary/aromatic N) is 3. The maximum absolute atomic E-state index is 13.1. The summed E-state index contributed by atoms with van der Waals surface area (Å²) < 4.78 is 5.59. The molecular weight excluding hydrogens is 394 g/mol. The van der Waals surface area contributed by atoms with Gasteiger partial charge in [0.1, 0.15) is 11.8 Å². The summed E-state index contributed by atoms with van der Waals surface area (Å²) in [6.07, 6.45) is 2.28. The molecular formula is C21H20ClN3O2S. The Morgan fingerprint density at radius 2 is 2.14 bits per heavy atom. The van der Waals surface area contributed by atoms with Gasteiger partial charge < -0.3 is 4.42 Å². The van der Waals surface area contributed by atoms with E-state index in [1.165, 1.54) is 0 Å². The molecule has 5 nitrogen and oxygen atoms in total. The zero-order chi connectivity index (χ0) is 19.5. The van der Waals surface area contributed by atoms with Gasteiger partial charge in [-0.2, -0.15) is 5.10 Å². The lowest BCUT2D eigenvalue weighted by Gasteiger charge is -2.23. The number of carbonyl (C=O) groups excluding carboxylic acids is 1. The van der Waals surface area contributed by atoms with Crippen molar-refractivity contribution in [3.63, 3.8) is 0 Å². The molecule has 0 radical (unpaired) electrons. The average Bonchev–Trinajstić information content (AvgIpc) is 3.43. The van der Waals surface area contributed by atoms with Gasteiger partial charge in [0.25, 0.3) is 5.91 Å². The number of furan rings is 1. The number of amides is 1. The number of rotatable bonds is 6. The fourth-order valence-electron chi connectivity index (χ4n) is 3.31. The molecule has 1 atom stereocenters. The lowest BCUT2D eigenvalue weighted by atomic mass is 10.1. The van der Waals surface area contributed by atoms with Crippen molar-refractivity contribution < 1.29 is 9.21 Å². The molecule has 144 valence electrons. The summed E-state index contributed by atoms with van der Waals surface area (Å²) in [6.45, 7) is 0.829. The highest BCUT2D eigenvalue weighted by Gasteiger charge is 2.35. The van der Waals surface area contributed by atoms with E-state index in [1.807, 2.05) is 65.9 Å². The van der Waals surface area contributed by atoms with Crippen molar-refractivity contribution in [3.05, 3.63) is 81.4 Å². The Morgan fingerprint density at radius 3 is 2.86 bits per heavy atom. The highest BCUT2D eigenvalue weighted by molar-refractivity contribution is 7.12. The van der Waals surface area contributed by atoms with Gasteiger partial charge in [-0.3, -0.25) is 9.69 Å². The normalized spacial score (nSPS) is 16.6. The molecule has 1 aromatic carbocycles. The molecule has 0 spiro atoms. The van der Waals surface area contributed by atoms with Gasteiger partial charge in [0.2, 0.25) is 0 Å². The van der Waals surface area contributed by atoms with E-state index < -0.39 is 0 Å². The van der Waals surface area contributed by atoms with Gasteiger partial charge in [-0.15, -0.1) is 11.3 Å². The van der Waals surface area contributed by atoms with Crippen molar-refractivity contribution in [2.75, 3.05) is 13.6 Å². The number of halogens is 1. The van der Waals surface area contributed by atoms with E-state index in [4.69, 9.17) is 16.0 Å². The van der Waals surface area contributed by atoms with Crippen molar-refractivity contribution >= 4 is 34.6 Å². The van der Waals surface area contributed by atoms with Crippen molar-refractivity contribution in [2.45, 2.75) is 19.0 Å². The van der Waals surface area contributed by atoms with Gasteiger partial charge in [-0.25, -0.2) is 5.01 Å². The molecule has 0 saturated carbocycles. The van der Waals surface area contributed by atoms with E-state index in [0.717, 1.165) is 21.9 Å². The molecule has 0 bridgehead atoms. The summed E-state index contributed by atoms with van der Waals surface area (Å²) in [5, 5.41) is 8.93. The third-order valence-corrected chi connectivity index (χ3v) is 5.93. The number of benzene rings is 1. The Bertz CT molecular complexity index is 969. The van der Waals surface area contributed by atoms with E-state index in [1.54, 1.807) is 22.6 Å². The van der Waals surface area contributed by atoms with Crippen LogP contribution in [0.5, 0.6) is 0 Å². The topological polar surface area (TPSA) is 49.1 Å². The van der Waals surface area contributed by atoms with Crippen molar-refractivity contribution in [3.8, 4) is 0 Å².